The number of fused-ring (bicyclic) bond motifs is 2. The van der Waals surface area contributed by atoms with Crippen LogP contribution in [0.5, 0.6) is 0 Å². The van der Waals surface area contributed by atoms with Gasteiger partial charge in [0.1, 0.15) is 35.0 Å². The summed E-state index contributed by atoms with van der Waals surface area (Å²) in [5, 5.41) is 28.8. The molecule has 0 saturated heterocycles. The van der Waals surface area contributed by atoms with E-state index < -0.39 is 11.2 Å². The Hall–Kier alpha value is -4.78. The first-order valence-corrected chi connectivity index (χ1v) is 10.2. The molecule has 0 saturated carbocycles. The molecule has 0 radical (unpaired) electrons. The van der Waals surface area contributed by atoms with E-state index in [4.69, 9.17) is 9.15 Å². The Morgan fingerprint density at radius 1 is 1.15 bits per heavy atom. The quantitative estimate of drug-likeness (QED) is 0.391. The summed E-state index contributed by atoms with van der Waals surface area (Å²) in [6.45, 7) is 3.44. The molecule has 0 N–H and O–H groups in total. The Kier molecular flexibility index (Phi) is 5.46. The summed E-state index contributed by atoms with van der Waals surface area (Å²) in [7, 11) is 0. The van der Waals surface area contributed by atoms with Crippen LogP contribution in [0.1, 0.15) is 37.0 Å². The highest BCUT2D eigenvalue weighted by Crippen LogP contribution is 2.40. The van der Waals surface area contributed by atoms with Crippen molar-refractivity contribution in [3.8, 4) is 30.0 Å². The topological polar surface area (TPSA) is 111 Å². The second kappa shape index (κ2) is 8.39. The van der Waals surface area contributed by atoms with Gasteiger partial charge in [-0.1, -0.05) is 24.0 Å². The van der Waals surface area contributed by atoms with Crippen molar-refractivity contribution in [2.45, 2.75) is 32.3 Å². The van der Waals surface area contributed by atoms with E-state index in [1.54, 1.807) is 50.3 Å². The number of benzene rings is 1. The van der Waals surface area contributed by atoms with Gasteiger partial charge in [-0.2, -0.15) is 15.8 Å². The number of rotatable bonds is 2. The van der Waals surface area contributed by atoms with Crippen molar-refractivity contribution in [1.82, 2.24) is 0 Å². The average molecular weight is 431 g/mol. The predicted octanol–water partition coefficient (Wildman–Crippen LogP) is 4.59. The third kappa shape index (κ3) is 3.95. The van der Waals surface area contributed by atoms with Gasteiger partial charge in [0.15, 0.2) is 11.3 Å². The Labute approximate surface area is 190 Å². The zero-order valence-corrected chi connectivity index (χ0v) is 18.0. The Morgan fingerprint density at radius 2 is 1.94 bits per heavy atom. The largest absolute Gasteiger partial charge is 0.480 e. The van der Waals surface area contributed by atoms with Crippen molar-refractivity contribution in [2.24, 2.45) is 0 Å². The van der Waals surface area contributed by atoms with Crippen molar-refractivity contribution in [2.75, 3.05) is 0 Å². The van der Waals surface area contributed by atoms with Crippen molar-refractivity contribution in [3.05, 3.63) is 86.0 Å². The highest BCUT2D eigenvalue weighted by Gasteiger charge is 2.38. The molecular formula is C27H17N3O3. The molecule has 1 aliphatic heterocycles. The second-order valence-corrected chi connectivity index (χ2v) is 8.02. The van der Waals surface area contributed by atoms with Crippen LogP contribution in [-0.2, 0) is 11.2 Å². The molecule has 33 heavy (non-hydrogen) atoms. The minimum Gasteiger partial charge on any atom is -0.480 e. The normalized spacial score (nSPS) is 17.0. The summed E-state index contributed by atoms with van der Waals surface area (Å²) in [4.78, 5) is 12.6. The number of nitrogens with zero attached hydrogens (tertiary/aromatic N) is 3. The van der Waals surface area contributed by atoms with E-state index in [1.165, 1.54) is 0 Å². The Bertz CT molecular complexity index is 1550. The fourth-order valence-electron chi connectivity index (χ4n) is 3.83. The average Bonchev–Trinajstić information content (AvgIpc) is 3.03. The third-order valence-corrected chi connectivity index (χ3v) is 5.47. The first-order chi connectivity index (χ1) is 15.9. The van der Waals surface area contributed by atoms with Gasteiger partial charge < -0.3 is 9.15 Å². The summed E-state index contributed by atoms with van der Waals surface area (Å²) >= 11 is 0. The molecule has 0 bridgehead atoms. The van der Waals surface area contributed by atoms with E-state index in [2.05, 4.69) is 11.8 Å². The molecule has 2 aliphatic rings. The first-order valence-electron chi connectivity index (χ1n) is 10.2. The van der Waals surface area contributed by atoms with Gasteiger partial charge in [0.2, 0.25) is 0 Å². The fraction of sp³-hybridized carbons (Fsp3) is 0.185. The van der Waals surface area contributed by atoms with Gasteiger partial charge in [-0.15, -0.1) is 0 Å². The van der Waals surface area contributed by atoms with Gasteiger partial charge in [0.25, 0.3) is 0 Å². The van der Waals surface area contributed by atoms with Crippen molar-refractivity contribution in [1.29, 1.82) is 15.8 Å². The maximum Gasteiger partial charge on any atom is 0.343 e. The van der Waals surface area contributed by atoms with Crippen LogP contribution >= 0.6 is 0 Å². The Morgan fingerprint density at radius 3 is 2.67 bits per heavy atom. The highest BCUT2D eigenvalue weighted by molar-refractivity contribution is 5.82. The van der Waals surface area contributed by atoms with Gasteiger partial charge in [0, 0.05) is 16.5 Å². The monoisotopic (exact) mass is 431 g/mol. The van der Waals surface area contributed by atoms with Crippen molar-refractivity contribution >= 4 is 17.0 Å². The summed E-state index contributed by atoms with van der Waals surface area (Å²) in [6.07, 6.45) is 8.72. The first kappa shape index (κ1) is 21.5. The van der Waals surface area contributed by atoms with Gasteiger partial charge in [-0.05, 0) is 62.6 Å². The van der Waals surface area contributed by atoms with Crippen LogP contribution in [-0.4, -0.2) is 5.60 Å². The zero-order valence-electron chi connectivity index (χ0n) is 18.0. The standard InChI is InChI=1S/C27H17N3O3/c1-27(2)23(22(16-30)25(33-27)21(14-28)15-29)10-9-19-12-20-11-17-7-5-3-4-6-8-18(17)13-24(20)32-26(19)31/h3-4,9-13H,5,7H2,1-2H3/b4-3-,10-9+. The fourth-order valence-corrected chi connectivity index (χ4v) is 3.83. The summed E-state index contributed by atoms with van der Waals surface area (Å²) in [5.41, 5.74) is 1.47. The van der Waals surface area contributed by atoms with Crippen LogP contribution < -0.4 is 5.63 Å². The maximum absolute atomic E-state index is 12.6. The molecule has 4 rings (SSSR count). The molecule has 0 amide bonds. The molecule has 6 nitrogen and oxygen atoms in total. The predicted molar refractivity (Wildman–Crippen MR) is 122 cm³/mol. The number of nitriles is 3. The van der Waals surface area contributed by atoms with E-state index >= 15 is 0 Å². The number of allylic oxidation sites excluding steroid dienone is 4. The molecule has 2 heterocycles. The molecule has 0 fully saturated rings. The summed E-state index contributed by atoms with van der Waals surface area (Å²) in [6, 6.07) is 11.0. The lowest BCUT2D eigenvalue weighted by atomic mass is 9.94. The van der Waals surface area contributed by atoms with Gasteiger partial charge in [-0.3, -0.25) is 0 Å². The molecule has 1 aliphatic carbocycles. The molecule has 2 aromatic rings. The van der Waals surface area contributed by atoms with E-state index in [0.717, 1.165) is 29.4 Å². The van der Waals surface area contributed by atoms with E-state index in [1.807, 2.05) is 24.3 Å². The number of hydrogen-bond donors (Lipinski definition) is 0. The molecule has 1 aromatic heterocycles. The second-order valence-electron chi connectivity index (χ2n) is 8.02. The molecule has 0 unspecified atom stereocenters. The van der Waals surface area contributed by atoms with Crippen molar-refractivity contribution < 1.29 is 9.15 Å². The third-order valence-electron chi connectivity index (χ3n) is 5.47. The number of aryl methyl sites for hydroxylation is 1. The lowest BCUT2D eigenvalue weighted by molar-refractivity contribution is 0.0954. The Balaban J connectivity index is 1.82. The van der Waals surface area contributed by atoms with Gasteiger partial charge >= 0.3 is 5.63 Å². The molecule has 0 atom stereocenters. The summed E-state index contributed by atoms with van der Waals surface area (Å²) < 4.78 is 11.3. The number of hydrogen-bond acceptors (Lipinski definition) is 6. The van der Waals surface area contributed by atoms with Crippen LogP contribution in [0.2, 0.25) is 0 Å². The van der Waals surface area contributed by atoms with Crippen molar-refractivity contribution in [3.63, 3.8) is 0 Å². The molecule has 0 spiro atoms. The van der Waals surface area contributed by atoms with Crippen LogP contribution in [0.15, 0.2) is 68.1 Å². The van der Waals surface area contributed by atoms with E-state index in [-0.39, 0.29) is 16.9 Å². The summed E-state index contributed by atoms with van der Waals surface area (Å²) in [5.74, 6) is 6.01. The molecule has 158 valence electrons. The molecular weight excluding hydrogens is 414 g/mol. The van der Waals surface area contributed by atoms with Crippen LogP contribution in [0.3, 0.4) is 0 Å². The molecule has 6 heteroatoms. The van der Waals surface area contributed by atoms with E-state index in [9.17, 15) is 20.6 Å². The van der Waals surface area contributed by atoms with Gasteiger partial charge in [0.05, 0.1) is 5.56 Å². The molecule has 1 aromatic carbocycles. The van der Waals surface area contributed by atoms with E-state index in [0.29, 0.717) is 16.7 Å². The zero-order chi connectivity index (χ0) is 23.6. The highest BCUT2D eigenvalue weighted by atomic mass is 16.5. The number of ether oxygens (including phenoxy) is 1. The van der Waals surface area contributed by atoms with Gasteiger partial charge in [-0.25, -0.2) is 4.79 Å². The van der Waals surface area contributed by atoms with Crippen LogP contribution in [0.4, 0.5) is 0 Å². The minimum absolute atomic E-state index is 0.0496. The maximum atomic E-state index is 12.6. The lowest BCUT2D eigenvalue weighted by Gasteiger charge is -2.20. The minimum atomic E-state index is -0.963. The smallest absolute Gasteiger partial charge is 0.343 e. The van der Waals surface area contributed by atoms with Crippen LogP contribution in [0.25, 0.3) is 17.0 Å². The van der Waals surface area contributed by atoms with Crippen LogP contribution in [0, 0.1) is 45.8 Å². The SMILES string of the molecule is CC1(C)OC(=C(C#N)C#N)C(C#N)=C1/C=C/c1cc2cc3c(cc2oc1=O)C#C/C=C\CC3. The lowest BCUT2D eigenvalue weighted by Crippen LogP contribution is -2.20.